The lowest BCUT2D eigenvalue weighted by atomic mass is 10.2. The van der Waals surface area contributed by atoms with Gasteiger partial charge in [-0.1, -0.05) is 0 Å². The number of nitrogens with one attached hydrogen (secondary N) is 1. The molecule has 35 heavy (non-hydrogen) atoms. The van der Waals surface area contributed by atoms with E-state index in [-0.39, 0.29) is 5.37 Å². The summed E-state index contributed by atoms with van der Waals surface area (Å²) in [7, 11) is 1.24. The number of rotatable bonds is 2. The van der Waals surface area contributed by atoms with Crippen molar-refractivity contribution in [2.24, 2.45) is 0 Å². The zero-order valence-corrected chi connectivity index (χ0v) is 22.4. The van der Waals surface area contributed by atoms with Crippen LogP contribution < -0.4 is 5.32 Å². The minimum Gasteiger partial charge on any atom is -0.479 e. The van der Waals surface area contributed by atoms with Crippen LogP contribution in [-0.2, 0) is 28.5 Å². The smallest absolute Gasteiger partial charge is 0.479 e. The Hall–Kier alpha value is -2.39. The van der Waals surface area contributed by atoms with Gasteiger partial charge in [-0.25, -0.2) is 24.0 Å². The Morgan fingerprint density at radius 3 is 1.69 bits per heavy atom. The van der Waals surface area contributed by atoms with Crippen molar-refractivity contribution in [1.29, 1.82) is 0 Å². The molecule has 3 N–H and O–H groups in total. The molecule has 2 aliphatic heterocycles. The van der Waals surface area contributed by atoms with Crippen LogP contribution in [0.1, 0.15) is 41.5 Å². The number of amides is 1. The van der Waals surface area contributed by atoms with E-state index in [1.54, 1.807) is 41.5 Å². The minimum absolute atomic E-state index is 0.352. The fourth-order valence-corrected chi connectivity index (χ4v) is 4.06. The van der Waals surface area contributed by atoms with Gasteiger partial charge in [0.05, 0.1) is 7.11 Å². The minimum atomic E-state index is -1.06. The first-order valence-corrected chi connectivity index (χ1v) is 12.5. The third-order valence-corrected chi connectivity index (χ3v) is 5.73. The van der Waals surface area contributed by atoms with Crippen LogP contribution in [-0.4, -0.2) is 99.1 Å². The predicted molar refractivity (Wildman–Crippen MR) is 128 cm³/mol. The maximum absolute atomic E-state index is 11.0. The molecule has 2 heterocycles. The quantitative estimate of drug-likeness (QED) is 0.263. The number of aliphatic carboxylic acids is 2. The maximum atomic E-state index is 11.0. The average Bonchev–Trinajstić information content (AvgIpc) is 3.37. The Bertz CT molecular complexity index is 718. The number of nitrogens with zero attached hydrogens (tertiary/aromatic N) is 1. The Morgan fingerprint density at radius 1 is 0.857 bits per heavy atom. The summed E-state index contributed by atoms with van der Waals surface area (Å²) < 4.78 is 18.2. The topological polar surface area (TPSA) is 178 Å². The molecule has 0 radical (unpaired) electrons. The molecule has 0 aliphatic carbocycles. The number of hydrogen-bond donors (Lipinski definition) is 3. The predicted octanol–water partition coefficient (Wildman–Crippen LogP) is 2.82. The third-order valence-electron chi connectivity index (χ3n) is 3.40. The summed E-state index contributed by atoms with van der Waals surface area (Å²) in [4.78, 5) is 54.9. The highest BCUT2D eigenvalue weighted by molar-refractivity contribution is 8.01. The Morgan fingerprint density at radius 2 is 1.37 bits per heavy atom. The second-order valence-corrected chi connectivity index (χ2v) is 11.2. The first-order chi connectivity index (χ1) is 16.0. The van der Waals surface area contributed by atoms with Crippen molar-refractivity contribution >= 4 is 53.9 Å². The van der Waals surface area contributed by atoms with E-state index in [9.17, 15) is 24.0 Å². The van der Waals surface area contributed by atoms with Crippen molar-refractivity contribution in [2.75, 3.05) is 31.7 Å². The molecule has 2 unspecified atom stereocenters. The normalized spacial score (nSPS) is 19.2. The summed E-state index contributed by atoms with van der Waals surface area (Å²) >= 11 is 2.67. The molecule has 0 aromatic heterocycles. The molecule has 2 aliphatic rings. The number of hydrogen-bond acceptors (Lipinski definition) is 12. The van der Waals surface area contributed by atoms with Gasteiger partial charge in [0.25, 0.3) is 0 Å². The summed E-state index contributed by atoms with van der Waals surface area (Å²) in [6.07, 6.45) is -2.69. The molecule has 2 atom stereocenters. The van der Waals surface area contributed by atoms with Crippen molar-refractivity contribution < 1.29 is 53.1 Å². The van der Waals surface area contributed by atoms with E-state index in [1.807, 2.05) is 0 Å². The lowest BCUT2D eigenvalue weighted by Gasteiger charge is -2.20. The van der Waals surface area contributed by atoms with E-state index >= 15 is 0 Å². The van der Waals surface area contributed by atoms with Crippen LogP contribution in [0.2, 0.25) is 0 Å². The monoisotopic (exact) mass is 542 g/mol. The van der Waals surface area contributed by atoms with Crippen LogP contribution >= 0.6 is 23.5 Å². The number of carboxylic acids is 2. The zero-order valence-electron chi connectivity index (χ0n) is 20.8. The SMILES string of the molecule is CC(C)(C)OC(=O)OC(=O)OC(C)(C)C.COC(=O)N1CCSC1C(=O)O.O=C(O)C1NCCS1. The van der Waals surface area contributed by atoms with Gasteiger partial charge in [-0.05, 0) is 41.5 Å². The fourth-order valence-electron chi connectivity index (χ4n) is 2.17. The van der Waals surface area contributed by atoms with Crippen molar-refractivity contribution in [3.8, 4) is 0 Å². The second kappa shape index (κ2) is 14.9. The molecule has 0 saturated carbocycles. The molecule has 202 valence electrons. The van der Waals surface area contributed by atoms with Gasteiger partial charge < -0.3 is 29.2 Å². The van der Waals surface area contributed by atoms with Gasteiger partial charge in [0, 0.05) is 24.6 Å². The molecule has 13 nitrogen and oxygen atoms in total. The first-order valence-electron chi connectivity index (χ1n) is 10.4. The Kier molecular flexibility index (Phi) is 13.9. The standard InChI is InChI=1S/C10H18O5.C6H9NO4S.C4H7NO2S/c1-9(2,3)14-7(11)13-8(12)15-10(4,5)6;1-11-6(10)7-2-3-12-4(7)5(8)9;6-4(7)3-5-1-2-8-3/h1-6H3;4H,2-3H2,1H3,(H,8,9);3,5H,1-2H2,(H,6,7). The van der Waals surface area contributed by atoms with Gasteiger partial charge in [0.15, 0.2) is 10.7 Å². The molecule has 0 aromatic rings. The Labute approximate surface area is 212 Å². The highest BCUT2D eigenvalue weighted by atomic mass is 32.2. The molecular weight excluding hydrogens is 508 g/mol. The van der Waals surface area contributed by atoms with Crippen LogP contribution in [0.3, 0.4) is 0 Å². The summed E-state index contributed by atoms with van der Waals surface area (Å²) in [5.41, 5.74) is -1.39. The van der Waals surface area contributed by atoms with E-state index in [1.165, 1.54) is 35.5 Å². The van der Waals surface area contributed by atoms with E-state index in [0.29, 0.717) is 12.3 Å². The van der Waals surface area contributed by atoms with Crippen LogP contribution in [0.15, 0.2) is 0 Å². The molecule has 2 rings (SSSR count). The second-order valence-electron chi connectivity index (χ2n) is 8.80. The van der Waals surface area contributed by atoms with Crippen LogP contribution in [0, 0.1) is 0 Å². The number of methoxy groups -OCH3 is 1. The highest BCUT2D eigenvalue weighted by Crippen LogP contribution is 2.24. The van der Waals surface area contributed by atoms with Crippen molar-refractivity contribution in [1.82, 2.24) is 10.2 Å². The lowest BCUT2D eigenvalue weighted by molar-refractivity contribution is -0.139. The number of carboxylic acid groups (broad SMARTS) is 2. The number of ether oxygens (including phenoxy) is 4. The molecule has 0 bridgehead atoms. The van der Waals surface area contributed by atoms with Crippen LogP contribution in [0.25, 0.3) is 0 Å². The van der Waals surface area contributed by atoms with E-state index in [0.717, 1.165) is 12.3 Å². The number of thioether (sulfide) groups is 2. The number of carbonyl (C=O) groups excluding carboxylic acids is 3. The summed E-state index contributed by atoms with van der Waals surface area (Å²) in [5, 5.41) is 18.7. The summed E-state index contributed by atoms with van der Waals surface area (Å²) in [6, 6.07) is 0. The zero-order chi connectivity index (χ0) is 27.4. The molecule has 1 amide bonds. The van der Waals surface area contributed by atoms with Gasteiger partial charge in [-0.3, -0.25) is 10.2 Å². The van der Waals surface area contributed by atoms with Crippen LogP contribution in [0.5, 0.6) is 0 Å². The molecule has 0 aromatic carbocycles. The highest BCUT2D eigenvalue weighted by Gasteiger charge is 2.35. The largest absolute Gasteiger partial charge is 0.519 e. The van der Waals surface area contributed by atoms with Crippen LogP contribution in [0.4, 0.5) is 14.4 Å². The van der Waals surface area contributed by atoms with E-state index in [4.69, 9.17) is 19.7 Å². The van der Waals surface area contributed by atoms with Crippen molar-refractivity contribution in [3.63, 3.8) is 0 Å². The summed E-state index contributed by atoms with van der Waals surface area (Å²) in [5.74, 6) is -0.196. The van der Waals surface area contributed by atoms with E-state index in [2.05, 4.69) is 14.8 Å². The average molecular weight is 543 g/mol. The van der Waals surface area contributed by atoms with Gasteiger partial charge in [-0.15, -0.1) is 23.5 Å². The molecule has 2 fully saturated rings. The molecular formula is C20H34N2O11S2. The third kappa shape index (κ3) is 15.3. The van der Waals surface area contributed by atoms with Gasteiger partial charge in [-0.2, -0.15) is 0 Å². The fraction of sp³-hybridized carbons (Fsp3) is 0.750. The maximum Gasteiger partial charge on any atom is 0.519 e. The van der Waals surface area contributed by atoms with E-state index < -0.39 is 46.9 Å². The van der Waals surface area contributed by atoms with Crippen molar-refractivity contribution in [2.45, 2.75) is 63.5 Å². The summed E-state index contributed by atoms with van der Waals surface area (Å²) in [6.45, 7) is 11.3. The first kappa shape index (κ1) is 32.6. The van der Waals surface area contributed by atoms with Crippen molar-refractivity contribution in [3.05, 3.63) is 0 Å². The number of carbonyl (C=O) groups is 5. The molecule has 15 heteroatoms. The Balaban J connectivity index is 0.000000516. The molecule has 2 saturated heterocycles. The van der Waals surface area contributed by atoms with Gasteiger partial charge >= 0.3 is 30.3 Å². The van der Waals surface area contributed by atoms with Gasteiger partial charge in [0.1, 0.15) is 11.2 Å². The van der Waals surface area contributed by atoms with Gasteiger partial charge in [0.2, 0.25) is 0 Å². The lowest BCUT2D eigenvalue weighted by Crippen LogP contribution is -2.39. The molecule has 0 spiro atoms.